The molecule has 40 heavy (non-hydrogen) atoms. The van der Waals surface area contributed by atoms with E-state index >= 15 is 0 Å². The van der Waals surface area contributed by atoms with Crippen molar-refractivity contribution < 1.29 is 4.42 Å². The van der Waals surface area contributed by atoms with Crippen molar-refractivity contribution in [1.29, 1.82) is 0 Å². The topological polar surface area (TPSA) is 13.1 Å². The standard InChI is InChI=1S/C38H34OS/c1-2-3-4-5-6-7-10-26-13-15-27(16-14-26)17-18-28-19-20-29-31-21-24-34-32(37(31)39-35(29)25-28)22-23-33-30-11-8-9-12-36(30)40-38(33)34/h8-9,11-25H,2-7,10H2,1H3/b18-17+. The summed E-state index contributed by atoms with van der Waals surface area (Å²) in [5.41, 5.74) is 5.74. The Kier molecular flexibility index (Phi) is 6.87. The average Bonchev–Trinajstić information content (AvgIpc) is 3.56. The molecular formula is C38H34OS. The van der Waals surface area contributed by atoms with Gasteiger partial charge in [0.05, 0.1) is 0 Å². The third kappa shape index (κ3) is 4.71. The van der Waals surface area contributed by atoms with Gasteiger partial charge in [-0.25, -0.2) is 0 Å². The van der Waals surface area contributed by atoms with Crippen LogP contribution in [0.3, 0.4) is 0 Å². The van der Waals surface area contributed by atoms with E-state index in [1.807, 2.05) is 11.3 Å². The second-order valence-electron chi connectivity index (χ2n) is 11.0. The first kappa shape index (κ1) is 25.1. The van der Waals surface area contributed by atoms with Crippen LogP contribution in [0.2, 0.25) is 0 Å². The SMILES string of the molecule is CCCCCCCCc1ccc(/C=C/c2ccc3c(c2)oc2c3ccc3c2ccc2c4ccccc4sc23)cc1. The quantitative estimate of drug-likeness (QED) is 0.132. The minimum absolute atomic E-state index is 0.940. The number of fused-ring (bicyclic) bond motifs is 9. The van der Waals surface area contributed by atoms with Crippen LogP contribution in [-0.4, -0.2) is 0 Å². The molecule has 0 saturated heterocycles. The van der Waals surface area contributed by atoms with Gasteiger partial charge in [0, 0.05) is 41.7 Å². The highest BCUT2D eigenvalue weighted by Crippen LogP contribution is 2.42. The van der Waals surface area contributed by atoms with Gasteiger partial charge in [0.2, 0.25) is 0 Å². The van der Waals surface area contributed by atoms with Gasteiger partial charge in [-0.15, -0.1) is 11.3 Å². The Hall–Kier alpha value is -3.88. The zero-order valence-corrected chi connectivity index (χ0v) is 23.9. The number of benzene rings is 5. The molecule has 7 rings (SSSR count). The van der Waals surface area contributed by atoms with Crippen molar-refractivity contribution in [2.24, 2.45) is 0 Å². The molecule has 0 spiro atoms. The molecule has 0 radical (unpaired) electrons. The lowest BCUT2D eigenvalue weighted by molar-refractivity contribution is 0.607. The van der Waals surface area contributed by atoms with Crippen molar-refractivity contribution >= 4 is 76.4 Å². The van der Waals surface area contributed by atoms with Crippen molar-refractivity contribution in [2.45, 2.75) is 51.9 Å². The molecule has 7 aromatic rings. The Morgan fingerprint density at radius 1 is 0.600 bits per heavy atom. The van der Waals surface area contributed by atoms with Crippen LogP contribution in [-0.2, 0) is 6.42 Å². The van der Waals surface area contributed by atoms with Crippen molar-refractivity contribution in [2.75, 3.05) is 0 Å². The van der Waals surface area contributed by atoms with E-state index < -0.39 is 0 Å². The van der Waals surface area contributed by atoms with Gasteiger partial charge in [-0.05, 0) is 59.9 Å². The van der Waals surface area contributed by atoms with Crippen molar-refractivity contribution in [3.05, 3.63) is 108 Å². The molecule has 2 heteroatoms. The summed E-state index contributed by atoms with van der Waals surface area (Å²) in [6.07, 6.45) is 13.6. The van der Waals surface area contributed by atoms with Gasteiger partial charge in [0.25, 0.3) is 0 Å². The molecule has 0 aliphatic heterocycles. The minimum atomic E-state index is 0.940. The van der Waals surface area contributed by atoms with E-state index in [9.17, 15) is 0 Å². The lowest BCUT2D eigenvalue weighted by Gasteiger charge is -2.03. The van der Waals surface area contributed by atoms with E-state index in [-0.39, 0.29) is 0 Å². The number of rotatable bonds is 9. The Bertz CT molecular complexity index is 1980. The highest BCUT2D eigenvalue weighted by molar-refractivity contribution is 7.26. The Morgan fingerprint density at radius 2 is 1.25 bits per heavy atom. The van der Waals surface area contributed by atoms with Gasteiger partial charge < -0.3 is 4.42 Å². The molecule has 198 valence electrons. The van der Waals surface area contributed by atoms with E-state index in [1.54, 1.807) is 0 Å². The van der Waals surface area contributed by atoms with E-state index in [4.69, 9.17) is 4.42 Å². The number of hydrogen-bond acceptors (Lipinski definition) is 2. The molecular weight excluding hydrogens is 504 g/mol. The number of furan rings is 1. The molecule has 0 atom stereocenters. The fourth-order valence-electron chi connectivity index (χ4n) is 6.04. The van der Waals surface area contributed by atoms with Crippen molar-refractivity contribution in [3.8, 4) is 0 Å². The van der Waals surface area contributed by atoms with Crippen LogP contribution >= 0.6 is 11.3 Å². The third-order valence-electron chi connectivity index (χ3n) is 8.27. The second kappa shape index (κ2) is 10.9. The lowest BCUT2D eigenvalue weighted by Crippen LogP contribution is -1.86. The lowest BCUT2D eigenvalue weighted by atomic mass is 10.0. The van der Waals surface area contributed by atoms with E-state index in [2.05, 4.69) is 110 Å². The zero-order valence-electron chi connectivity index (χ0n) is 23.1. The first-order chi connectivity index (χ1) is 19.8. The predicted molar refractivity (Wildman–Crippen MR) is 177 cm³/mol. The predicted octanol–water partition coefficient (Wildman–Crippen LogP) is 12.2. The van der Waals surface area contributed by atoms with Crippen LogP contribution in [0.4, 0.5) is 0 Å². The van der Waals surface area contributed by atoms with E-state index in [0.717, 1.165) is 16.7 Å². The summed E-state index contributed by atoms with van der Waals surface area (Å²) in [5.74, 6) is 0. The molecule has 2 heterocycles. The molecule has 0 unspecified atom stereocenters. The largest absolute Gasteiger partial charge is 0.455 e. The highest BCUT2D eigenvalue weighted by atomic mass is 32.1. The van der Waals surface area contributed by atoms with Gasteiger partial charge in [0.1, 0.15) is 11.2 Å². The summed E-state index contributed by atoms with van der Waals surface area (Å²) in [4.78, 5) is 0. The van der Waals surface area contributed by atoms with Gasteiger partial charge in [-0.1, -0.05) is 112 Å². The van der Waals surface area contributed by atoms with E-state index in [1.165, 1.54) is 97.8 Å². The molecule has 0 amide bonds. The number of hydrogen-bond donors (Lipinski definition) is 0. The highest BCUT2D eigenvalue weighted by Gasteiger charge is 2.14. The fraction of sp³-hybridized carbons (Fsp3) is 0.211. The minimum Gasteiger partial charge on any atom is -0.455 e. The fourth-order valence-corrected chi connectivity index (χ4v) is 7.27. The van der Waals surface area contributed by atoms with Gasteiger partial charge in [0.15, 0.2) is 0 Å². The molecule has 0 N–H and O–H groups in total. The maximum atomic E-state index is 6.54. The van der Waals surface area contributed by atoms with Crippen LogP contribution in [0.15, 0.2) is 95.4 Å². The molecule has 0 fully saturated rings. The second-order valence-corrected chi connectivity index (χ2v) is 12.1. The molecule has 1 nitrogen and oxygen atoms in total. The molecule has 2 aromatic heterocycles. The number of aryl methyl sites for hydroxylation is 1. The molecule has 0 aliphatic carbocycles. The van der Waals surface area contributed by atoms with Crippen LogP contribution in [0, 0.1) is 0 Å². The summed E-state index contributed by atoms with van der Waals surface area (Å²) >= 11 is 1.87. The van der Waals surface area contributed by atoms with Crippen LogP contribution in [0.25, 0.3) is 65.0 Å². The van der Waals surface area contributed by atoms with Crippen LogP contribution in [0.1, 0.15) is 62.1 Å². The zero-order chi connectivity index (χ0) is 26.9. The van der Waals surface area contributed by atoms with Gasteiger partial charge in [-0.3, -0.25) is 0 Å². The number of thiophene rings is 1. The van der Waals surface area contributed by atoms with Gasteiger partial charge >= 0.3 is 0 Å². The monoisotopic (exact) mass is 538 g/mol. The van der Waals surface area contributed by atoms with Crippen LogP contribution < -0.4 is 0 Å². The Morgan fingerprint density at radius 3 is 2.10 bits per heavy atom. The van der Waals surface area contributed by atoms with Gasteiger partial charge in [-0.2, -0.15) is 0 Å². The summed E-state index contributed by atoms with van der Waals surface area (Å²) in [5, 5.41) is 7.46. The first-order valence-electron chi connectivity index (χ1n) is 14.7. The summed E-state index contributed by atoms with van der Waals surface area (Å²) in [6, 6.07) is 33.3. The molecule has 0 bridgehead atoms. The molecule has 0 aliphatic rings. The van der Waals surface area contributed by atoms with Crippen molar-refractivity contribution in [3.63, 3.8) is 0 Å². The first-order valence-corrected chi connectivity index (χ1v) is 15.6. The summed E-state index contributed by atoms with van der Waals surface area (Å²) in [6.45, 7) is 2.28. The maximum absolute atomic E-state index is 6.54. The van der Waals surface area contributed by atoms with E-state index in [0.29, 0.717) is 0 Å². The molecule has 5 aromatic carbocycles. The average molecular weight is 539 g/mol. The number of unbranched alkanes of at least 4 members (excludes halogenated alkanes) is 5. The third-order valence-corrected chi connectivity index (χ3v) is 9.49. The van der Waals surface area contributed by atoms with Crippen LogP contribution in [0.5, 0.6) is 0 Å². The maximum Gasteiger partial charge on any atom is 0.143 e. The molecule has 0 saturated carbocycles. The summed E-state index contributed by atoms with van der Waals surface area (Å²) in [7, 11) is 0. The normalized spacial score (nSPS) is 12.2. The Labute approximate surface area is 239 Å². The Balaban J connectivity index is 1.13. The van der Waals surface area contributed by atoms with Crippen molar-refractivity contribution in [1.82, 2.24) is 0 Å². The summed E-state index contributed by atoms with van der Waals surface area (Å²) < 4.78 is 9.20. The smallest absolute Gasteiger partial charge is 0.143 e.